The molecule has 1 nitrogen and oxygen atoms in total. The first-order valence-electron chi connectivity index (χ1n) is 6.93. The van der Waals surface area contributed by atoms with Crippen LogP contribution in [0.4, 0.5) is 10.1 Å². The zero-order valence-electron chi connectivity index (χ0n) is 12.7. The first kappa shape index (κ1) is 14.8. The van der Waals surface area contributed by atoms with Gasteiger partial charge < -0.3 is 4.90 Å². The molecule has 2 rings (SSSR count). The lowest BCUT2D eigenvalue weighted by molar-refractivity contribution is 0.622. The van der Waals surface area contributed by atoms with Crippen LogP contribution in [0.25, 0.3) is 0 Å². The molecular formula is C17H22FNSi. The summed E-state index contributed by atoms with van der Waals surface area (Å²) < 4.78 is 13.7. The Bertz CT molecular complexity index is 572. The molecule has 0 fully saturated rings. The second-order valence-corrected chi connectivity index (χ2v) is 11.3. The van der Waals surface area contributed by atoms with Gasteiger partial charge in [0.15, 0.2) is 0 Å². The van der Waals surface area contributed by atoms with Crippen LogP contribution in [0, 0.1) is 5.82 Å². The van der Waals surface area contributed by atoms with Gasteiger partial charge in [-0.05, 0) is 17.7 Å². The number of nitrogens with zero attached hydrogens (tertiary/aromatic N) is 1. The van der Waals surface area contributed by atoms with E-state index in [1.54, 1.807) is 6.07 Å². The van der Waals surface area contributed by atoms with E-state index in [2.05, 4.69) is 43.9 Å². The molecule has 0 heterocycles. The SMILES string of the molecule is CN(Cc1ccc([Si](C)(C)C)cc1)c1ccccc1F. The van der Waals surface area contributed by atoms with Crippen LogP contribution in [0.3, 0.4) is 0 Å². The second kappa shape index (κ2) is 5.79. The fourth-order valence-corrected chi connectivity index (χ4v) is 3.40. The molecule has 0 amide bonds. The van der Waals surface area contributed by atoms with E-state index in [0.29, 0.717) is 12.2 Å². The smallest absolute Gasteiger partial charge is 0.146 e. The molecule has 0 aliphatic heterocycles. The summed E-state index contributed by atoms with van der Waals surface area (Å²) in [5, 5.41) is 1.45. The number of benzene rings is 2. The molecule has 106 valence electrons. The van der Waals surface area contributed by atoms with E-state index in [-0.39, 0.29) is 5.82 Å². The van der Waals surface area contributed by atoms with Crippen LogP contribution in [-0.2, 0) is 6.54 Å². The topological polar surface area (TPSA) is 3.24 Å². The minimum Gasteiger partial charge on any atom is -0.368 e. The first-order valence-corrected chi connectivity index (χ1v) is 10.4. The molecule has 2 aromatic rings. The van der Waals surface area contributed by atoms with E-state index in [1.165, 1.54) is 16.8 Å². The Kier molecular flexibility index (Phi) is 4.28. The van der Waals surface area contributed by atoms with Crippen molar-refractivity contribution >= 4 is 18.9 Å². The number of rotatable bonds is 4. The van der Waals surface area contributed by atoms with Gasteiger partial charge in [0.1, 0.15) is 5.82 Å². The molecule has 0 aliphatic rings. The Morgan fingerprint density at radius 3 is 2.10 bits per heavy atom. The normalized spacial score (nSPS) is 11.4. The standard InChI is InChI=1S/C17H22FNSi/c1-19(17-8-6-5-7-16(17)18)13-14-9-11-15(12-10-14)20(2,3)4/h5-12H,13H2,1-4H3. The van der Waals surface area contributed by atoms with E-state index >= 15 is 0 Å². The Labute approximate surface area is 122 Å². The van der Waals surface area contributed by atoms with Crippen LogP contribution in [0.5, 0.6) is 0 Å². The van der Waals surface area contributed by atoms with Gasteiger partial charge in [-0.3, -0.25) is 0 Å². The molecule has 0 atom stereocenters. The predicted octanol–water partition coefficient (Wildman–Crippen LogP) is 4.01. The van der Waals surface area contributed by atoms with Gasteiger partial charge >= 0.3 is 0 Å². The van der Waals surface area contributed by atoms with Crippen molar-refractivity contribution in [2.75, 3.05) is 11.9 Å². The lowest BCUT2D eigenvalue weighted by atomic mass is 10.2. The summed E-state index contributed by atoms with van der Waals surface area (Å²) in [4.78, 5) is 1.94. The van der Waals surface area contributed by atoms with E-state index in [9.17, 15) is 4.39 Å². The molecule has 0 saturated carbocycles. The van der Waals surface area contributed by atoms with Crippen molar-refractivity contribution in [2.24, 2.45) is 0 Å². The Balaban J connectivity index is 2.13. The zero-order valence-corrected chi connectivity index (χ0v) is 13.7. The monoisotopic (exact) mass is 287 g/mol. The van der Waals surface area contributed by atoms with Gasteiger partial charge in [-0.25, -0.2) is 4.39 Å². The van der Waals surface area contributed by atoms with Crippen molar-refractivity contribution in [3.05, 3.63) is 59.9 Å². The Morgan fingerprint density at radius 1 is 0.950 bits per heavy atom. The summed E-state index contributed by atoms with van der Waals surface area (Å²) in [6.45, 7) is 7.74. The van der Waals surface area contributed by atoms with Crippen molar-refractivity contribution < 1.29 is 4.39 Å². The minimum absolute atomic E-state index is 0.172. The molecule has 0 bridgehead atoms. The number of halogens is 1. The highest BCUT2D eigenvalue weighted by molar-refractivity contribution is 6.88. The molecule has 0 aromatic heterocycles. The third-order valence-corrected chi connectivity index (χ3v) is 5.57. The molecule has 3 heteroatoms. The highest BCUT2D eigenvalue weighted by atomic mass is 28.3. The number of hydrogen-bond donors (Lipinski definition) is 0. The average Bonchev–Trinajstić information content (AvgIpc) is 2.38. The zero-order chi connectivity index (χ0) is 14.8. The quantitative estimate of drug-likeness (QED) is 0.768. The maximum Gasteiger partial charge on any atom is 0.146 e. The van der Waals surface area contributed by atoms with Gasteiger partial charge in [0.25, 0.3) is 0 Å². The largest absolute Gasteiger partial charge is 0.368 e. The Morgan fingerprint density at radius 2 is 1.55 bits per heavy atom. The van der Waals surface area contributed by atoms with E-state index in [1.807, 2.05) is 24.1 Å². The summed E-state index contributed by atoms with van der Waals surface area (Å²) in [6.07, 6.45) is 0. The van der Waals surface area contributed by atoms with Crippen LogP contribution in [0.1, 0.15) is 5.56 Å². The third kappa shape index (κ3) is 3.48. The maximum absolute atomic E-state index is 13.7. The first-order chi connectivity index (χ1) is 9.38. The number of para-hydroxylation sites is 1. The molecule has 0 N–H and O–H groups in total. The molecule has 0 saturated heterocycles. The lowest BCUT2D eigenvalue weighted by Gasteiger charge is -2.21. The maximum atomic E-state index is 13.7. The van der Waals surface area contributed by atoms with Crippen LogP contribution in [-0.4, -0.2) is 15.1 Å². The highest BCUT2D eigenvalue weighted by Gasteiger charge is 2.15. The van der Waals surface area contributed by atoms with Crippen molar-refractivity contribution in [2.45, 2.75) is 26.2 Å². The average molecular weight is 287 g/mol. The van der Waals surface area contributed by atoms with Gasteiger partial charge in [0.05, 0.1) is 13.8 Å². The molecule has 0 radical (unpaired) electrons. The number of hydrogen-bond acceptors (Lipinski definition) is 1. The Hall–Kier alpha value is -1.61. The summed E-state index contributed by atoms with van der Waals surface area (Å²) in [6, 6.07) is 15.6. The van der Waals surface area contributed by atoms with Gasteiger partial charge in [-0.2, -0.15) is 0 Å². The van der Waals surface area contributed by atoms with Gasteiger partial charge in [-0.15, -0.1) is 0 Å². The van der Waals surface area contributed by atoms with Crippen LogP contribution in [0.2, 0.25) is 19.6 Å². The van der Waals surface area contributed by atoms with E-state index < -0.39 is 8.07 Å². The fourth-order valence-electron chi connectivity index (χ4n) is 2.23. The van der Waals surface area contributed by atoms with Gasteiger partial charge in [-0.1, -0.05) is 61.2 Å². The molecular weight excluding hydrogens is 265 g/mol. The lowest BCUT2D eigenvalue weighted by Crippen LogP contribution is -2.37. The molecule has 0 aliphatic carbocycles. The van der Waals surface area contributed by atoms with Gasteiger partial charge in [0.2, 0.25) is 0 Å². The summed E-state index contributed by atoms with van der Waals surface area (Å²) in [5.41, 5.74) is 1.85. The third-order valence-electron chi connectivity index (χ3n) is 3.50. The van der Waals surface area contributed by atoms with Crippen molar-refractivity contribution in [3.63, 3.8) is 0 Å². The fraction of sp³-hybridized carbons (Fsp3) is 0.294. The second-order valence-electron chi connectivity index (χ2n) is 6.25. The van der Waals surface area contributed by atoms with Crippen LogP contribution < -0.4 is 10.1 Å². The molecule has 0 unspecified atom stereocenters. The summed E-state index contributed by atoms with van der Waals surface area (Å²) in [5.74, 6) is -0.172. The van der Waals surface area contributed by atoms with Crippen LogP contribution >= 0.6 is 0 Å². The van der Waals surface area contributed by atoms with Crippen LogP contribution in [0.15, 0.2) is 48.5 Å². The molecule has 0 spiro atoms. The number of anilines is 1. The molecule has 20 heavy (non-hydrogen) atoms. The summed E-state index contributed by atoms with van der Waals surface area (Å²) >= 11 is 0. The molecule has 2 aromatic carbocycles. The predicted molar refractivity (Wildman–Crippen MR) is 87.9 cm³/mol. The van der Waals surface area contributed by atoms with Gasteiger partial charge in [0, 0.05) is 13.6 Å². The van der Waals surface area contributed by atoms with Crippen molar-refractivity contribution in [1.82, 2.24) is 0 Å². The van der Waals surface area contributed by atoms with Crippen molar-refractivity contribution in [1.29, 1.82) is 0 Å². The van der Waals surface area contributed by atoms with E-state index in [4.69, 9.17) is 0 Å². The van der Waals surface area contributed by atoms with Crippen molar-refractivity contribution in [3.8, 4) is 0 Å². The summed E-state index contributed by atoms with van der Waals surface area (Å²) in [7, 11) is 0.679. The van der Waals surface area contributed by atoms with E-state index in [0.717, 1.165) is 0 Å². The minimum atomic E-state index is -1.24. The highest BCUT2D eigenvalue weighted by Crippen LogP contribution is 2.19.